The molecule has 194 valence electrons. The van der Waals surface area contributed by atoms with E-state index in [1.54, 1.807) is 25.1 Å². The maximum atomic E-state index is 13.5. The van der Waals surface area contributed by atoms with Crippen LogP contribution in [-0.2, 0) is 21.2 Å². The van der Waals surface area contributed by atoms with Crippen LogP contribution in [0.4, 0.5) is 31.9 Å². The van der Waals surface area contributed by atoms with Gasteiger partial charge in [-0.1, -0.05) is 37.6 Å². The molecule has 3 N–H and O–H groups in total. The summed E-state index contributed by atoms with van der Waals surface area (Å²) in [7, 11) is -3.74. The Labute approximate surface area is 219 Å². The summed E-state index contributed by atoms with van der Waals surface area (Å²) >= 11 is 6.15. The van der Waals surface area contributed by atoms with E-state index in [-0.39, 0.29) is 46.7 Å². The standard InChI is InChI=1S/C26H26ClFN4O4S/c1-3-37(35,36)24-13-23-22(12-21(24)29)31(15-17-5-4-6-18(27)11-17)25(33)16(2)14-32(23)26(34)30-20-9-7-19(28)8-10-20/h4-13,16H,3,14-15,29H2,1-2H3,(H,30,34). The molecule has 0 fully saturated rings. The Morgan fingerprint density at radius 2 is 1.84 bits per heavy atom. The number of hydrogen-bond donors (Lipinski definition) is 2. The van der Waals surface area contributed by atoms with Gasteiger partial charge in [0.05, 0.1) is 40.2 Å². The van der Waals surface area contributed by atoms with E-state index in [9.17, 15) is 22.4 Å². The molecule has 3 amide bonds. The molecule has 1 aliphatic rings. The lowest BCUT2D eigenvalue weighted by atomic mass is 10.1. The summed E-state index contributed by atoms with van der Waals surface area (Å²) in [5, 5.41) is 3.19. The molecule has 8 nitrogen and oxygen atoms in total. The van der Waals surface area contributed by atoms with Gasteiger partial charge in [-0.25, -0.2) is 17.6 Å². The number of amides is 3. The van der Waals surface area contributed by atoms with Crippen LogP contribution in [-0.4, -0.2) is 32.7 Å². The topological polar surface area (TPSA) is 113 Å². The minimum atomic E-state index is -3.74. The van der Waals surface area contributed by atoms with Crippen LogP contribution in [0.1, 0.15) is 19.4 Å². The maximum Gasteiger partial charge on any atom is 0.326 e. The molecule has 3 aromatic carbocycles. The number of fused-ring (bicyclic) bond motifs is 1. The van der Waals surface area contributed by atoms with Crippen LogP contribution in [0, 0.1) is 11.7 Å². The molecule has 0 radical (unpaired) electrons. The number of nitrogens with zero attached hydrogens (tertiary/aromatic N) is 2. The van der Waals surface area contributed by atoms with E-state index in [0.717, 1.165) is 5.56 Å². The second-order valence-electron chi connectivity index (χ2n) is 8.79. The van der Waals surface area contributed by atoms with Crippen molar-refractivity contribution in [3.8, 4) is 0 Å². The number of nitrogen functional groups attached to an aromatic ring is 1. The number of rotatable bonds is 5. The van der Waals surface area contributed by atoms with Crippen LogP contribution >= 0.6 is 11.6 Å². The van der Waals surface area contributed by atoms with E-state index >= 15 is 0 Å². The highest BCUT2D eigenvalue weighted by Gasteiger charge is 2.36. The zero-order valence-corrected chi connectivity index (χ0v) is 21.8. The lowest BCUT2D eigenvalue weighted by Gasteiger charge is -2.27. The zero-order chi connectivity index (χ0) is 26.9. The largest absolute Gasteiger partial charge is 0.398 e. The first-order valence-corrected chi connectivity index (χ1v) is 13.6. The highest BCUT2D eigenvalue weighted by Crippen LogP contribution is 2.40. The molecule has 0 saturated heterocycles. The van der Waals surface area contributed by atoms with Gasteiger partial charge >= 0.3 is 6.03 Å². The van der Waals surface area contributed by atoms with Gasteiger partial charge in [0, 0.05) is 17.3 Å². The van der Waals surface area contributed by atoms with Gasteiger partial charge in [0.15, 0.2) is 9.84 Å². The summed E-state index contributed by atoms with van der Waals surface area (Å²) in [5.41, 5.74) is 7.73. The van der Waals surface area contributed by atoms with Crippen LogP contribution in [0.5, 0.6) is 0 Å². The molecule has 3 aromatic rings. The average molecular weight is 545 g/mol. The van der Waals surface area contributed by atoms with Gasteiger partial charge in [0.25, 0.3) is 0 Å². The molecule has 1 unspecified atom stereocenters. The normalized spacial score (nSPS) is 15.8. The molecule has 1 atom stereocenters. The van der Waals surface area contributed by atoms with E-state index in [0.29, 0.717) is 10.7 Å². The number of urea groups is 1. The lowest BCUT2D eigenvalue weighted by molar-refractivity contribution is -0.121. The van der Waals surface area contributed by atoms with E-state index in [4.69, 9.17) is 17.3 Å². The predicted octanol–water partition coefficient (Wildman–Crippen LogP) is 5.08. The minimum Gasteiger partial charge on any atom is -0.398 e. The monoisotopic (exact) mass is 544 g/mol. The van der Waals surface area contributed by atoms with Crippen molar-refractivity contribution in [2.75, 3.05) is 33.1 Å². The van der Waals surface area contributed by atoms with Gasteiger partial charge < -0.3 is 16.0 Å². The summed E-state index contributed by atoms with van der Waals surface area (Å²) in [6.07, 6.45) is 0. The third kappa shape index (κ3) is 5.55. The molecular formula is C26H26ClFN4O4S. The number of benzene rings is 3. The van der Waals surface area contributed by atoms with Crippen molar-refractivity contribution in [1.82, 2.24) is 0 Å². The third-order valence-corrected chi connectivity index (χ3v) is 8.14. The number of sulfone groups is 1. The quantitative estimate of drug-likeness (QED) is 0.435. The van der Waals surface area contributed by atoms with Crippen molar-refractivity contribution in [2.24, 2.45) is 5.92 Å². The fraction of sp³-hybridized carbons (Fsp3) is 0.231. The lowest BCUT2D eigenvalue weighted by Crippen LogP contribution is -2.40. The van der Waals surface area contributed by atoms with Crippen LogP contribution in [0.15, 0.2) is 65.6 Å². The smallest absolute Gasteiger partial charge is 0.326 e. The molecule has 1 heterocycles. The Hall–Kier alpha value is -3.63. The molecule has 0 aromatic heterocycles. The Morgan fingerprint density at radius 1 is 1.14 bits per heavy atom. The molecule has 0 bridgehead atoms. The van der Waals surface area contributed by atoms with Crippen LogP contribution in [0.2, 0.25) is 5.02 Å². The summed E-state index contributed by atoms with van der Waals surface area (Å²) in [4.78, 5) is 29.7. The highest BCUT2D eigenvalue weighted by atomic mass is 35.5. The average Bonchev–Trinajstić information content (AvgIpc) is 2.95. The Balaban J connectivity index is 1.86. The van der Waals surface area contributed by atoms with Gasteiger partial charge in [0.1, 0.15) is 5.82 Å². The summed E-state index contributed by atoms with van der Waals surface area (Å²) in [6.45, 7) is 3.28. The minimum absolute atomic E-state index is 0.0273. The first-order chi connectivity index (χ1) is 17.5. The second-order valence-corrected chi connectivity index (χ2v) is 11.5. The van der Waals surface area contributed by atoms with E-state index in [2.05, 4.69) is 5.32 Å². The fourth-order valence-corrected chi connectivity index (χ4v) is 5.40. The number of nitrogens with two attached hydrogens (primary N) is 1. The van der Waals surface area contributed by atoms with Gasteiger partial charge in [0.2, 0.25) is 5.91 Å². The number of anilines is 4. The van der Waals surface area contributed by atoms with Crippen molar-refractivity contribution in [3.63, 3.8) is 0 Å². The SMILES string of the molecule is CCS(=O)(=O)c1cc2c(cc1N)N(Cc1cccc(Cl)c1)C(=O)C(C)CN2C(=O)Nc1ccc(F)cc1. The first kappa shape index (κ1) is 26.4. The Kier molecular flexibility index (Phi) is 7.42. The van der Waals surface area contributed by atoms with Crippen LogP contribution in [0.3, 0.4) is 0 Å². The molecule has 4 rings (SSSR count). The summed E-state index contributed by atoms with van der Waals surface area (Å²) in [6, 6.07) is 14.4. The maximum absolute atomic E-state index is 13.5. The van der Waals surface area contributed by atoms with Crippen molar-refractivity contribution in [3.05, 3.63) is 77.1 Å². The molecule has 1 aliphatic heterocycles. The molecule has 11 heteroatoms. The van der Waals surface area contributed by atoms with Crippen molar-refractivity contribution < 1.29 is 22.4 Å². The van der Waals surface area contributed by atoms with Gasteiger partial charge in [-0.05, 0) is 54.1 Å². The van der Waals surface area contributed by atoms with Gasteiger partial charge in [-0.15, -0.1) is 0 Å². The molecular weight excluding hydrogens is 519 g/mol. The second kappa shape index (κ2) is 10.4. The van der Waals surface area contributed by atoms with Crippen LogP contribution in [0.25, 0.3) is 0 Å². The summed E-state index contributed by atoms with van der Waals surface area (Å²) < 4.78 is 39.0. The number of halogens is 2. The van der Waals surface area contributed by atoms with Gasteiger partial charge in [-0.3, -0.25) is 9.69 Å². The number of hydrogen-bond acceptors (Lipinski definition) is 5. The van der Waals surface area contributed by atoms with Gasteiger partial charge in [-0.2, -0.15) is 0 Å². The number of carbonyl (C=O) groups is 2. The third-order valence-electron chi connectivity index (χ3n) is 6.12. The van der Waals surface area contributed by atoms with E-state index in [1.807, 2.05) is 6.07 Å². The van der Waals surface area contributed by atoms with Crippen LogP contribution < -0.4 is 20.9 Å². The predicted molar refractivity (Wildman–Crippen MR) is 143 cm³/mol. The Bertz CT molecular complexity index is 1460. The molecule has 0 spiro atoms. The van der Waals surface area contributed by atoms with Crippen molar-refractivity contribution in [1.29, 1.82) is 0 Å². The van der Waals surface area contributed by atoms with Crippen molar-refractivity contribution >= 4 is 56.1 Å². The Morgan fingerprint density at radius 3 is 2.49 bits per heavy atom. The number of carbonyl (C=O) groups excluding carboxylic acids is 2. The van der Waals surface area contributed by atoms with Crippen molar-refractivity contribution in [2.45, 2.75) is 25.3 Å². The first-order valence-electron chi connectivity index (χ1n) is 11.6. The van der Waals surface area contributed by atoms with E-state index in [1.165, 1.54) is 53.1 Å². The summed E-state index contributed by atoms with van der Waals surface area (Å²) in [5.74, 6) is -1.57. The highest BCUT2D eigenvalue weighted by molar-refractivity contribution is 7.91. The van der Waals surface area contributed by atoms with E-state index < -0.39 is 27.6 Å². The fourth-order valence-electron chi connectivity index (χ4n) is 4.16. The number of nitrogens with one attached hydrogen (secondary N) is 1. The molecule has 37 heavy (non-hydrogen) atoms. The zero-order valence-electron chi connectivity index (χ0n) is 20.2. The molecule has 0 saturated carbocycles. The molecule has 0 aliphatic carbocycles.